The van der Waals surface area contributed by atoms with Crippen LogP contribution in [-0.4, -0.2) is 18.8 Å². The molecule has 0 saturated carbocycles. The first kappa shape index (κ1) is 23.0. The van der Waals surface area contributed by atoms with Gasteiger partial charge in [0.1, 0.15) is 5.75 Å². The molecule has 0 fully saturated rings. The third-order valence-corrected chi connectivity index (χ3v) is 5.28. The molecule has 0 unspecified atom stereocenters. The lowest BCUT2D eigenvalue weighted by atomic mass is 10.0. The lowest BCUT2D eigenvalue weighted by Gasteiger charge is -2.05. The van der Waals surface area contributed by atoms with E-state index in [0.29, 0.717) is 6.61 Å². The van der Waals surface area contributed by atoms with Gasteiger partial charge in [-0.15, -0.1) is 0 Å². The Morgan fingerprint density at radius 1 is 0.577 bits per heavy atom. The summed E-state index contributed by atoms with van der Waals surface area (Å²) in [5.74, 6) is 0.951. The van der Waals surface area contributed by atoms with Crippen molar-refractivity contribution < 1.29 is 9.84 Å². The number of methoxy groups -OCH3 is 1. The van der Waals surface area contributed by atoms with Crippen LogP contribution in [0.4, 0.5) is 0 Å². The second-order valence-electron chi connectivity index (χ2n) is 7.62. The van der Waals surface area contributed by atoms with Gasteiger partial charge in [0.15, 0.2) is 0 Å². The minimum atomic E-state index is 0.364. The maximum atomic E-state index is 8.73. The van der Waals surface area contributed by atoms with Crippen LogP contribution in [0, 0.1) is 0 Å². The minimum absolute atomic E-state index is 0.364. The van der Waals surface area contributed by atoms with E-state index in [0.717, 1.165) is 12.2 Å². The summed E-state index contributed by atoms with van der Waals surface area (Å²) in [5, 5.41) is 8.73. The van der Waals surface area contributed by atoms with Crippen LogP contribution in [0.1, 0.15) is 102 Å². The summed E-state index contributed by atoms with van der Waals surface area (Å²) in [5.41, 5.74) is 1.43. The monoisotopic (exact) mass is 362 g/mol. The molecule has 0 amide bonds. The third-order valence-electron chi connectivity index (χ3n) is 5.28. The number of unbranched alkanes of at least 4 members (excludes halogenated alkanes) is 14. The molecule has 0 aliphatic heterocycles. The Bertz CT molecular complexity index is 399. The lowest BCUT2D eigenvalue weighted by Crippen LogP contribution is -1.88. The van der Waals surface area contributed by atoms with Gasteiger partial charge in [-0.2, -0.15) is 0 Å². The summed E-state index contributed by atoms with van der Waals surface area (Å²) in [6.07, 6.45) is 21.4. The molecule has 0 radical (unpaired) electrons. The highest BCUT2D eigenvalue weighted by Crippen LogP contribution is 2.16. The van der Waals surface area contributed by atoms with Crippen molar-refractivity contribution in [3.05, 3.63) is 29.8 Å². The van der Waals surface area contributed by atoms with E-state index < -0.39 is 0 Å². The molecule has 2 nitrogen and oxygen atoms in total. The van der Waals surface area contributed by atoms with Gasteiger partial charge in [0.25, 0.3) is 0 Å². The molecule has 2 heteroatoms. The molecule has 1 aromatic carbocycles. The number of hydrogen-bond acceptors (Lipinski definition) is 2. The molecule has 0 spiro atoms. The molecule has 0 heterocycles. The molecule has 0 saturated heterocycles. The van der Waals surface area contributed by atoms with E-state index in [9.17, 15) is 0 Å². The zero-order chi connectivity index (χ0) is 18.7. The van der Waals surface area contributed by atoms with Crippen LogP contribution in [0.25, 0.3) is 0 Å². The minimum Gasteiger partial charge on any atom is -0.497 e. The van der Waals surface area contributed by atoms with E-state index in [1.807, 2.05) is 0 Å². The second-order valence-corrected chi connectivity index (χ2v) is 7.62. The molecule has 0 aliphatic carbocycles. The first-order chi connectivity index (χ1) is 12.9. The number of benzene rings is 1. The largest absolute Gasteiger partial charge is 0.497 e. The summed E-state index contributed by atoms with van der Waals surface area (Å²) in [7, 11) is 1.72. The van der Waals surface area contributed by atoms with E-state index in [1.165, 1.54) is 102 Å². The van der Waals surface area contributed by atoms with Crippen LogP contribution in [0.2, 0.25) is 0 Å². The maximum absolute atomic E-state index is 8.73. The zero-order valence-electron chi connectivity index (χ0n) is 17.2. The van der Waals surface area contributed by atoms with Gasteiger partial charge in [0.05, 0.1) is 7.11 Å². The van der Waals surface area contributed by atoms with Crippen molar-refractivity contribution in [2.75, 3.05) is 13.7 Å². The molecule has 1 aromatic rings. The van der Waals surface area contributed by atoms with Crippen molar-refractivity contribution in [2.24, 2.45) is 0 Å². The van der Waals surface area contributed by atoms with Gasteiger partial charge in [0, 0.05) is 6.61 Å². The van der Waals surface area contributed by atoms with Crippen LogP contribution in [0.3, 0.4) is 0 Å². The Balaban J connectivity index is 1.76. The molecule has 1 N–H and O–H groups in total. The standard InChI is InChI=1S/C24H42O2/c1-26-24-20-18-23(19-21-24)17-15-13-11-9-7-5-3-2-4-6-8-10-12-14-16-22-25/h18-21,25H,2-17,22H2,1H3. The Hall–Kier alpha value is -1.02. The quantitative estimate of drug-likeness (QED) is 0.283. The van der Waals surface area contributed by atoms with Gasteiger partial charge < -0.3 is 9.84 Å². The summed E-state index contributed by atoms with van der Waals surface area (Å²) >= 11 is 0. The molecule has 0 aliphatic rings. The van der Waals surface area contributed by atoms with Gasteiger partial charge in [-0.1, -0.05) is 95.6 Å². The summed E-state index contributed by atoms with van der Waals surface area (Å²) in [4.78, 5) is 0. The van der Waals surface area contributed by atoms with Gasteiger partial charge in [-0.05, 0) is 37.0 Å². The molecule has 1 rings (SSSR count). The SMILES string of the molecule is COc1ccc(CCCCCCCCCCCCCCCCCO)cc1. The van der Waals surface area contributed by atoms with Crippen LogP contribution in [-0.2, 0) is 6.42 Å². The fourth-order valence-corrected chi connectivity index (χ4v) is 3.53. The topological polar surface area (TPSA) is 29.5 Å². The van der Waals surface area contributed by atoms with Crippen LogP contribution in [0.5, 0.6) is 5.75 Å². The van der Waals surface area contributed by atoms with Gasteiger partial charge in [-0.3, -0.25) is 0 Å². The summed E-state index contributed by atoms with van der Waals surface area (Å²) in [6, 6.07) is 8.50. The van der Waals surface area contributed by atoms with Crippen LogP contribution >= 0.6 is 0 Å². The predicted octanol–water partition coefficient (Wildman–Crippen LogP) is 7.08. The van der Waals surface area contributed by atoms with Crippen molar-refractivity contribution in [3.63, 3.8) is 0 Å². The average Bonchev–Trinajstić information content (AvgIpc) is 2.68. The highest BCUT2D eigenvalue weighted by molar-refractivity contribution is 5.27. The molecule has 0 atom stereocenters. The fraction of sp³-hybridized carbons (Fsp3) is 0.750. The molecule has 150 valence electrons. The number of hydrogen-bond donors (Lipinski definition) is 1. The Kier molecular flexibility index (Phi) is 15.4. The molecular weight excluding hydrogens is 320 g/mol. The number of aryl methyl sites for hydroxylation is 1. The van der Waals surface area contributed by atoms with Crippen molar-refractivity contribution in [2.45, 2.75) is 103 Å². The average molecular weight is 363 g/mol. The van der Waals surface area contributed by atoms with Crippen molar-refractivity contribution in [1.82, 2.24) is 0 Å². The normalized spacial score (nSPS) is 11.0. The highest BCUT2D eigenvalue weighted by Gasteiger charge is 1.97. The third kappa shape index (κ3) is 13.2. The Labute approximate surface area is 162 Å². The van der Waals surface area contributed by atoms with Crippen LogP contribution in [0.15, 0.2) is 24.3 Å². The number of ether oxygens (including phenoxy) is 1. The van der Waals surface area contributed by atoms with Gasteiger partial charge in [0.2, 0.25) is 0 Å². The van der Waals surface area contributed by atoms with Gasteiger partial charge in [-0.25, -0.2) is 0 Å². The molecule has 26 heavy (non-hydrogen) atoms. The van der Waals surface area contributed by atoms with E-state index in [2.05, 4.69) is 24.3 Å². The molecular formula is C24H42O2. The zero-order valence-corrected chi connectivity index (χ0v) is 17.2. The van der Waals surface area contributed by atoms with Crippen LogP contribution < -0.4 is 4.74 Å². The Morgan fingerprint density at radius 3 is 1.35 bits per heavy atom. The van der Waals surface area contributed by atoms with E-state index in [1.54, 1.807) is 7.11 Å². The predicted molar refractivity (Wildman–Crippen MR) is 113 cm³/mol. The number of aliphatic hydroxyl groups is 1. The Morgan fingerprint density at radius 2 is 0.962 bits per heavy atom. The highest BCUT2D eigenvalue weighted by atomic mass is 16.5. The number of rotatable bonds is 18. The first-order valence-electron chi connectivity index (χ1n) is 11.1. The van der Waals surface area contributed by atoms with Crippen molar-refractivity contribution in [3.8, 4) is 5.75 Å². The maximum Gasteiger partial charge on any atom is 0.118 e. The fourth-order valence-electron chi connectivity index (χ4n) is 3.53. The first-order valence-corrected chi connectivity index (χ1v) is 11.1. The smallest absolute Gasteiger partial charge is 0.118 e. The molecule has 0 bridgehead atoms. The van der Waals surface area contributed by atoms with E-state index >= 15 is 0 Å². The lowest BCUT2D eigenvalue weighted by molar-refractivity contribution is 0.282. The molecule has 0 aromatic heterocycles. The van der Waals surface area contributed by atoms with Crippen molar-refractivity contribution in [1.29, 1.82) is 0 Å². The summed E-state index contributed by atoms with van der Waals surface area (Å²) in [6.45, 7) is 0.364. The summed E-state index contributed by atoms with van der Waals surface area (Å²) < 4.78 is 5.20. The van der Waals surface area contributed by atoms with Gasteiger partial charge >= 0.3 is 0 Å². The number of aliphatic hydroxyl groups excluding tert-OH is 1. The van der Waals surface area contributed by atoms with E-state index in [-0.39, 0.29) is 0 Å². The van der Waals surface area contributed by atoms with Crippen molar-refractivity contribution >= 4 is 0 Å². The van der Waals surface area contributed by atoms with E-state index in [4.69, 9.17) is 9.84 Å². The second kappa shape index (κ2) is 17.4.